The van der Waals surface area contributed by atoms with Crippen LogP contribution in [0.15, 0.2) is 42.5 Å². The standard InChI is InChI=1S/C18H14ClF2N3O3/c1-10-17(26)23(18(27)24(10)13-5-2-11(20)3-6-13)9-16(25)22-15-7-4-12(21)8-14(15)19/h2-8,10H,9H2,1H3,(H,22,25)/t10-/m0/s1. The second kappa shape index (κ2) is 7.32. The number of benzene rings is 2. The van der Waals surface area contributed by atoms with E-state index in [-0.39, 0.29) is 10.7 Å². The Morgan fingerprint density at radius 3 is 2.37 bits per heavy atom. The number of nitrogens with zero attached hydrogens (tertiary/aromatic N) is 2. The van der Waals surface area contributed by atoms with E-state index in [1.54, 1.807) is 0 Å². The molecule has 4 amide bonds. The third-order valence-electron chi connectivity index (χ3n) is 4.06. The van der Waals surface area contributed by atoms with E-state index < -0.39 is 42.1 Å². The van der Waals surface area contributed by atoms with Crippen LogP contribution in [0.3, 0.4) is 0 Å². The zero-order valence-electron chi connectivity index (χ0n) is 14.1. The van der Waals surface area contributed by atoms with Gasteiger partial charge >= 0.3 is 6.03 Å². The number of nitrogens with one attached hydrogen (secondary N) is 1. The van der Waals surface area contributed by atoms with Gasteiger partial charge in [-0.3, -0.25) is 19.4 Å². The van der Waals surface area contributed by atoms with Crippen LogP contribution in [0.5, 0.6) is 0 Å². The third kappa shape index (κ3) is 3.75. The fraction of sp³-hybridized carbons (Fsp3) is 0.167. The van der Waals surface area contributed by atoms with Gasteiger partial charge in [-0.2, -0.15) is 0 Å². The Balaban J connectivity index is 1.74. The predicted octanol–water partition coefficient (Wildman–Crippen LogP) is 3.41. The van der Waals surface area contributed by atoms with Gasteiger partial charge in [-0.1, -0.05) is 11.6 Å². The summed E-state index contributed by atoms with van der Waals surface area (Å²) in [5.41, 5.74) is 0.498. The molecule has 6 nitrogen and oxygen atoms in total. The molecular weight excluding hydrogens is 380 g/mol. The van der Waals surface area contributed by atoms with Crippen molar-refractivity contribution in [2.75, 3.05) is 16.8 Å². The molecule has 1 N–H and O–H groups in total. The average molecular weight is 394 g/mol. The Bertz CT molecular complexity index is 921. The van der Waals surface area contributed by atoms with Crippen LogP contribution in [0.2, 0.25) is 5.02 Å². The van der Waals surface area contributed by atoms with Gasteiger partial charge in [0.2, 0.25) is 5.91 Å². The molecule has 0 aromatic heterocycles. The number of amides is 4. The molecule has 2 aromatic carbocycles. The number of carbonyl (C=O) groups is 3. The molecular formula is C18H14ClF2N3O3. The monoisotopic (exact) mass is 393 g/mol. The lowest BCUT2D eigenvalue weighted by Crippen LogP contribution is -2.39. The van der Waals surface area contributed by atoms with Crippen LogP contribution in [-0.4, -0.2) is 35.3 Å². The number of halogens is 3. The van der Waals surface area contributed by atoms with Gasteiger partial charge < -0.3 is 5.32 Å². The number of imide groups is 1. The van der Waals surface area contributed by atoms with Crippen molar-refractivity contribution in [2.24, 2.45) is 0 Å². The minimum absolute atomic E-state index is 0.0104. The van der Waals surface area contributed by atoms with E-state index in [1.165, 1.54) is 42.2 Å². The Labute approximate surface area is 158 Å². The number of hydrogen-bond acceptors (Lipinski definition) is 3. The molecule has 1 aliphatic rings. The Kier molecular flexibility index (Phi) is 5.09. The fourth-order valence-electron chi connectivity index (χ4n) is 2.73. The highest BCUT2D eigenvalue weighted by atomic mass is 35.5. The smallest absolute Gasteiger partial charge is 0.323 e. The average Bonchev–Trinajstić information content (AvgIpc) is 2.82. The molecule has 0 radical (unpaired) electrons. The first-order valence-electron chi connectivity index (χ1n) is 7.93. The van der Waals surface area contributed by atoms with Gasteiger partial charge in [0.15, 0.2) is 0 Å². The molecule has 2 aromatic rings. The molecule has 140 valence electrons. The highest BCUT2D eigenvalue weighted by molar-refractivity contribution is 6.33. The van der Waals surface area contributed by atoms with Crippen LogP contribution < -0.4 is 10.2 Å². The molecule has 1 saturated heterocycles. The Morgan fingerprint density at radius 2 is 1.74 bits per heavy atom. The van der Waals surface area contributed by atoms with Crippen molar-refractivity contribution in [2.45, 2.75) is 13.0 Å². The third-order valence-corrected chi connectivity index (χ3v) is 4.37. The molecule has 1 fully saturated rings. The summed E-state index contributed by atoms with van der Waals surface area (Å²) in [7, 11) is 0. The maximum atomic E-state index is 13.1. The summed E-state index contributed by atoms with van der Waals surface area (Å²) in [6.07, 6.45) is 0. The minimum Gasteiger partial charge on any atom is -0.323 e. The molecule has 0 bridgehead atoms. The molecule has 1 heterocycles. The summed E-state index contributed by atoms with van der Waals surface area (Å²) in [5.74, 6) is -2.27. The van der Waals surface area contributed by atoms with Crippen LogP contribution in [0.4, 0.5) is 25.0 Å². The normalized spacial score (nSPS) is 16.8. The minimum atomic E-state index is -0.842. The summed E-state index contributed by atoms with van der Waals surface area (Å²) >= 11 is 5.85. The largest absolute Gasteiger partial charge is 0.332 e. The van der Waals surface area contributed by atoms with Crippen LogP contribution in [0, 0.1) is 11.6 Å². The molecule has 1 atom stereocenters. The highest BCUT2D eigenvalue weighted by Gasteiger charge is 2.44. The topological polar surface area (TPSA) is 69.7 Å². The first-order chi connectivity index (χ1) is 12.8. The van der Waals surface area contributed by atoms with E-state index in [9.17, 15) is 23.2 Å². The van der Waals surface area contributed by atoms with Crippen molar-refractivity contribution in [3.05, 3.63) is 59.1 Å². The molecule has 3 rings (SSSR count). The molecule has 0 saturated carbocycles. The first kappa shape index (κ1) is 18.8. The Hall–Kier alpha value is -3.00. The zero-order chi connectivity index (χ0) is 19.7. The van der Waals surface area contributed by atoms with E-state index in [0.717, 1.165) is 17.0 Å². The lowest BCUT2D eigenvalue weighted by atomic mass is 10.2. The van der Waals surface area contributed by atoms with E-state index in [4.69, 9.17) is 11.6 Å². The van der Waals surface area contributed by atoms with Gasteiger partial charge in [0, 0.05) is 5.69 Å². The van der Waals surface area contributed by atoms with E-state index in [0.29, 0.717) is 5.69 Å². The number of urea groups is 1. The molecule has 27 heavy (non-hydrogen) atoms. The van der Waals surface area contributed by atoms with Crippen molar-refractivity contribution < 1.29 is 23.2 Å². The van der Waals surface area contributed by atoms with Gasteiger partial charge in [-0.15, -0.1) is 0 Å². The zero-order valence-corrected chi connectivity index (χ0v) is 14.8. The molecule has 0 unspecified atom stereocenters. The molecule has 0 spiro atoms. The SMILES string of the molecule is C[C@H]1C(=O)N(CC(=O)Nc2ccc(F)cc2Cl)C(=O)N1c1ccc(F)cc1. The summed E-state index contributed by atoms with van der Waals surface area (Å²) < 4.78 is 26.2. The van der Waals surface area contributed by atoms with Crippen molar-refractivity contribution in [3.63, 3.8) is 0 Å². The summed E-state index contributed by atoms with van der Waals surface area (Å²) in [6.45, 7) is 0.978. The van der Waals surface area contributed by atoms with Gasteiger partial charge in [0.05, 0.1) is 10.7 Å². The lowest BCUT2D eigenvalue weighted by molar-refractivity contribution is -0.130. The molecule has 1 aliphatic heterocycles. The maximum absolute atomic E-state index is 13.1. The molecule has 9 heteroatoms. The number of hydrogen-bond donors (Lipinski definition) is 1. The van der Waals surface area contributed by atoms with Crippen molar-refractivity contribution in [3.8, 4) is 0 Å². The van der Waals surface area contributed by atoms with Gasteiger partial charge in [-0.25, -0.2) is 13.6 Å². The second-order valence-corrected chi connectivity index (χ2v) is 6.31. The van der Waals surface area contributed by atoms with Gasteiger partial charge in [0.25, 0.3) is 5.91 Å². The number of carbonyl (C=O) groups excluding carboxylic acids is 3. The van der Waals surface area contributed by atoms with Gasteiger partial charge in [0.1, 0.15) is 24.2 Å². The Morgan fingerprint density at radius 1 is 1.11 bits per heavy atom. The number of anilines is 2. The van der Waals surface area contributed by atoms with E-state index in [1.807, 2.05) is 0 Å². The lowest BCUT2D eigenvalue weighted by Gasteiger charge is -2.19. The molecule has 0 aliphatic carbocycles. The van der Waals surface area contributed by atoms with Gasteiger partial charge in [-0.05, 0) is 49.4 Å². The second-order valence-electron chi connectivity index (χ2n) is 5.90. The van der Waals surface area contributed by atoms with Crippen LogP contribution in [-0.2, 0) is 9.59 Å². The number of rotatable bonds is 4. The van der Waals surface area contributed by atoms with Crippen LogP contribution in [0.1, 0.15) is 6.92 Å². The summed E-state index contributed by atoms with van der Waals surface area (Å²) in [4.78, 5) is 39.2. The quantitative estimate of drug-likeness (QED) is 0.809. The maximum Gasteiger partial charge on any atom is 0.332 e. The first-order valence-corrected chi connectivity index (χ1v) is 8.31. The predicted molar refractivity (Wildman–Crippen MR) is 95.5 cm³/mol. The van der Waals surface area contributed by atoms with Crippen LogP contribution >= 0.6 is 11.6 Å². The van der Waals surface area contributed by atoms with Crippen molar-refractivity contribution >= 4 is 40.8 Å². The van der Waals surface area contributed by atoms with E-state index in [2.05, 4.69) is 5.32 Å². The highest BCUT2D eigenvalue weighted by Crippen LogP contribution is 2.26. The van der Waals surface area contributed by atoms with Crippen molar-refractivity contribution in [1.29, 1.82) is 0 Å². The van der Waals surface area contributed by atoms with Crippen LogP contribution in [0.25, 0.3) is 0 Å². The summed E-state index contributed by atoms with van der Waals surface area (Å²) in [6, 6.07) is 6.98. The fourth-order valence-corrected chi connectivity index (χ4v) is 2.95. The van der Waals surface area contributed by atoms with E-state index >= 15 is 0 Å². The summed E-state index contributed by atoms with van der Waals surface area (Å²) in [5, 5.41) is 2.42. The van der Waals surface area contributed by atoms with Crippen molar-refractivity contribution in [1.82, 2.24) is 4.90 Å².